The van der Waals surface area contributed by atoms with E-state index in [1.165, 1.54) is 11.3 Å². The molecule has 2 aromatic rings. The van der Waals surface area contributed by atoms with Crippen LogP contribution in [-0.2, 0) is 6.42 Å². The fourth-order valence-corrected chi connectivity index (χ4v) is 2.68. The van der Waals surface area contributed by atoms with Crippen LogP contribution >= 0.6 is 0 Å². The van der Waals surface area contributed by atoms with Gasteiger partial charge in [-0.2, -0.15) is 0 Å². The van der Waals surface area contributed by atoms with E-state index in [9.17, 15) is 0 Å². The number of nitrogens with two attached hydrogens (primary N) is 1. The molecule has 0 saturated heterocycles. The van der Waals surface area contributed by atoms with Crippen LogP contribution in [0.5, 0.6) is 0 Å². The third-order valence-electron chi connectivity index (χ3n) is 3.60. The average Bonchev–Trinajstić information content (AvgIpc) is 2.82. The highest BCUT2D eigenvalue weighted by atomic mass is 16.4. The van der Waals surface area contributed by atoms with Crippen LogP contribution in [0.15, 0.2) is 47.8 Å². The fraction of sp³-hybridized carbons (Fsp3) is 0.200. The number of hydrogen-bond acceptors (Lipinski definition) is 4. The molecule has 0 bridgehead atoms. The standard InChI is InChI=1S/C15H16N4O/c1-10-8-11-4-2-3-5-13(11)19(10)14-9-12(6-7-17-14)15(16)18-20/h2-7,9-10,20H,8H2,1H3,(H2,16,18). The zero-order valence-corrected chi connectivity index (χ0v) is 11.2. The molecule has 5 heteroatoms. The lowest BCUT2D eigenvalue weighted by Gasteiger charge is -2.24. The Balaban J connectivity index is 2.05. The van der Waals surface area contributed by atoms with Gasteiger partial charge in [0, 0.05) is 23.5 Å². The van der Waals surface area contributed by atoms with E-state index >= 15 is 0 Å². The summed E-state index contributed by atoms with van der Waals surface area (Å²) in [6.45, 7) is 2.16. The van der Waals surface area contributed by atoms with Gasteiger partial charge in [0.05, 0.1) is 0 Å². The van der Waals surface area contributed by atoms with Crippen molar-refractivity contribution < 1.29 is 5.21 Å². The van der Waals surface area contributed by atoms with Crippen molar-refractivity contribution in [3.63, 3.8) is 0 Å². The Bertz CT molecular complexity index is 668. The van der Waals surface area contributed by atoms with Crippen molar-refractivity contribution in [2.75, 3.05) is 4.90 Å². The zero-order valence-electron chi connectivity index (χ0n) is 11.2. The first-order valence-corrected chi connectivity index (χ1v) is 6.52. The Kier molecular flexibility index (Phi) is 3.02. The molecule has 1 aliphatic rings. The summed E-state index contributed by atoms with van der Waals surface area (Å²) in [5.74, 6) is 0.903. The van der Waals surface area contributed by atoms with Crippen molar-refractivity contribution in [1.29, 1.82) is 0 Å². The van der Waals surface area contributed by atoms with Crippen molar-refractivity contribution in [3.8, 4) is 0 Å². The van der Waals surface area contributed by atoms with Crippen LogP contribution < -0.4 is 10.6 Å². The van der Waals surface area contributed by atoms with Gasteiger partial charge in [-0.25, -0.2) is 4.98 Å². The van der Waals surface area contributed by atoms with Crippen LogP contribution in [0.2, 0.25) is 0 Å². The van der Waals surface area contributed by atoms with Crippen LogP contribution in [0, 0.1) is 0 Å². The second-order valence-corrected chi connectivity index (χ2v) is 4.94. The number of para-hydroxylation sites is 1. The molecular formula is C15H16N4O. The summed E-state index contributed by atoms with van der Waals surface area (Å²) in [6, 6.07) is 12.2. The Morgan fingerprint density at radius 3 is 3.00 bits per heavy atom. The van der Waals surface area contributed by atoms with Gasteiger partial charge in [-0.15, -0.1) is 0 Å². The highest BCUT2D eigenvalue weighted by molar-refractivity contribution is 5.97. The lowest BCUT2D eigenvalue weighted by Crippen LogP contribution is -2.25. The maximum atomic E-state index is 8.78. The topological polar surface area (TPSA) is 74.7 Å². The van der Waals surface area contributed by atoms with Crippen molar-refractivity contribution in [2.24, 2.45) is 10.9 Å². The molecule has 3 rings (SSSR count). The number of pyridine rings is 1. The summed E-state index contributed by atoms with van der Waals surface area (Å²) in [6.07, 6.45) is 2.67. The van der Waals surface area contributed by atoms with E-state index in [1.807, 2.05) is 12.1 Å². The van der Waals surface area contributed by atoms with E-state index in [1.54, 1.807) is 12.3 Å². The number of fused-ring (bicyclic) bond motifs is 1. The summed E-state index contributed by atoms with van der Waals surface area (Å²) in [5, 5.41) is 11.8. The molecule has 0 radical (unpaired) electrons. The highest BCUT2D eigenvalue weighted by Gasteiger charge is 2.27. The molecule has 1 unspecified atom stereocenters. The van der Waals surface area contributed by atoms with Gasteiger partial charge in [-0.05, 0) is 37.1 Å². The predicted octanol–water partition coefficient (Wildman–Crippen LogP) is 2.26. The summed E-state index contributed by atoms with van der Waals surface area (Å²) in [7, 11) is 0. The van der Waals surface area contributed by atoms with Gasteiger partial charge in [0.15, 0.2) is 5.84 Å². The summed E-state index contributed by atoms with van der Waals surface area (Å²) < 4.78 is 0. The minimum absolute atomic E-state index is 0.0915. The van der Waals surface area contributed by atoms with E-state index < -0.39 is 0 Å². The van der Waals surface area contributed by atoms with Gasteiger partial charge < -0.3 is 15.8 Å². The molecule has 3 N–H and O–H groups in total. The molecule has 5 nitrogen and oxygen atoms in total. The Morgan fingerprint density at radius 2 is 2.20 bits per heavy atom. The first-order chi connectivity index (χ1) is 9.70. The van der Waals surface area contributed by atoms with Crippen molar-refractivity contribution >= 4 is 17.3 Å². The van der Waals surface area contributed by atoms with Crippen LogP contribution in [0.25, 0.3) is 0 Å². The SMILES string of the molecule is CC1Cc2ccccc2N1c1cc(/C(N)=N/O)ccn1. The monoisotopic (exact) mass is 268 g/mol. The van der Waals surface area contributed by atoms with Crippen LogP contribution in [-0.4, -0.2) is 22.1 Å². The zero-order chi connectivity index (χ0) is 14.1. The van der Waals surface area contributed by atoms with E-state index in [4.69, 9.17) is 10.9 Å². The molecule has 0 saturated carbocycles. The molecule has 2 heterocycles. The summed E-state index contributed by atoms with van der Waals surface area (Å²) >= 11 is 0. The second-order valence-electron chi connectivity index (χ2n) is 4.94. The van der Waals surface area contributed by atoms with E-state index in [-0.39, 0.29) is 5.84 Å². The molecule has 20 heavy (non-hydrogen) atoms. The fourth-order valence-electron chi connectivity index (χ4n) is 2.68. The number of nitrogens with zero attached hydrogens (tertiary/aromatic N) is 3. The summed E-state index contributed by atoms with van der Waals surface area (Å²) in [5.41, 5.74) is 8.79. The van der Waals surface area contributed by atoms with E-state index in [0.717, 1.165) is 12.2 Å². The lowest BCUT2D eigenvalue weighted by molar-refractivity contribution is 0.318. The molecule has 1 aromatic heterocycles. The lowest BCUT2D eigenvalue weighted by atomic mass is 10.1. The molecule has 1 aliphatic heterocycles. The minimum Gasteiger partial charge on any atom is -0.409 e. The largest absolute Gasteiger partial charge is 0.409 e. The third-order valence-corrected chi connectivity index (χ3v) is 3.60. The van der Waals surface area contributed by atoms with E-state index in [0.29, 0.717) is 11.6 Å². The average molecular weight is 268 g/mol. The Hall–Kier alpha value is -2.56. The minimum atomic E-state index is 0.0915. The van der Waals surface area contributed by atoms with Crippen molar-refractivity contribution in [2.45, 2.75) is 19.4 Å². The predicted molar refractivity (Wildman–Crippen MR) is 78.5 cm³/mol. The molecule has 1 aromatic carbocycles. The van der Waals surface area contributed by atoms with Crippen molar-refractivity contribution in [3.05, 3.63) is 53.7 Å². The van der Waals surface area contributed by atoms with Gasteiger partial charge in [-0.3, -0.25) is 0 Å². The molecule has 102 valence electrons. The second kappa shape index (κ2) is 4.85. The molecule has 0 fully saturated rings. The quantitative estimate of drug-likeness (QED) is 0.379. The van der Waals surface area contributed by atoms with Gasteiger partial charge in [0.2, 0.25) is 0 Å². The third kappa shape index (κ3) is 1.97. The number of oxime groups is 1. The normalized spacial score (nSPS) is 18.1. The number of anilines is 2. The Morgan fingerprint density at radius 1 is 1.40 bits per heavy atom. The van der Waals surface area contributed by atoms with Gasteiger partial charge >= 0.3 is 0 Å². The Labute approximate surface area is 117 Å². The van der Waals surface area contributed by atoms with Crippen LogP contribution in [0.3, 0.4) is 0 Å². The van der Waals surface area contributed by atoms with Crippen LogP contribution in [0.1, 0.15) is 18.1 Å². The molecule has 0 spiro atoms. The van der Waals surface area contributed by atoms with Gasteiger partial charge in [0.25, 0.3) is 0 Å². The first kappa shape index (κ1) is 12.5. The number of amidine groups is 1. The number of rotatable bonds is 2. The molecule has 0 aliphatic carbocycles. The van der Waals surface area contributed by atoms with E-state index in [2.05, 4.69) is 40.2 Å². The number of aromatic nitrogens is 1. The van der Waals surface area contributed by atoms with Gasteiger partial charge in [0.1, 0.15) is 5.82 Å². The molecule has 0 amide bonds. The highest BCUT2D eigenvalue weighted by Crippen LogP contribution is 2.37. The number of benzene rings is 1. The smallest absolute Gasteiger partial charge is 0.170 e. The van der Waals surface area contributed by atoms with Crippen molar-refractivity contribution in [1.82, 2.24) is 4.98 Å². The summed E-state index contributed by atoms with van der Waals surface area (Å²) in [4.78, 5) is 6.61. The maximum absolute atomic E-state index is 8.78. The maximum Gasteiger partial charge on any atom is 0.170 e. The van der Waals surface area contributed by atoms with Gasteiger partial charge in [-0.1, -0.05) is 23.4 Å². The van der Waals surface area contributed by atoms with Crippen LogP contribution in [0.4, 0.5) is 11.5 Å². The first-order valence-electron chi connectivity index (χ1n) is 6.52. The number of hydrogen-bond donors (Lipinski definition) is 2. The molecular weight excluding hydrogens is 252 g/mol. The molecule has 1 atom stereocenters.